The van der Waals surface area contributed by atoms with E-state index in [2.05, 4.69) is 6.58 Å². The van der Waals surface area contributed by atoms with Crippen LogP contribution < -0.4 is 0 Å². The number of rotatable bonds is 12. The summed E-state index contributed by atoms with van der Waals surface area (Å²) >= 11 is 0. The van der Waals surface area contributed by atoms with Crippen LogP contribution in [0.4, 0.5) is 0 Å². The van der Waals surface area contributed by atoms with Gasteiger partial charge in [-0.25, -0.2) is 0 Å². The van der Waals surface area contributed by atoms with E-state index in [4.69, 9.17) is 23.7 Å². The predicted octanol–water partition coefficient (Wildman–Crippen LogP) is 2.32. The van der Waals surface area contributed by atoms with Gasteiger partial charge in [-0.3, -0.25) is 0 Å². The van der Waals surface area contributed by atoms with Gasteiger partial charge in [0.2, 0.25) is 0 Å². The van der Waals surface area contributed by atoms with Crippen LogP contribution in [0, 0.1) is 0 Å². The van der Waals surface area contributed by atoms with Gasteiger partial charge in [-0.15, -0.1) is 0 Å². The molecule has 0 unspecified atom stereocenters. The molecule has 0 aromatic rings. The third-order valence-electron chi connectivity index (χ3n) is 1.91. The van der Waals surface area contributed by atoms with Crippen molar-refractivity contribution in [3.63, 3.8) is 0 Å². The predicted molar refractivity (Wildman–Crippen MR) is 69.2 cm³/mol. The smallest absolute Gasteiger partial charge is 0.351 e. The van der Waals surface area contributed by atoms with Crippen molar-refractivity contribution in [1.29, 1.82) is 0 Å². The first kappa shape index (κ1) is 17.4. The molecular formula is C13H26O5. The van der Waals surface area contributed by atoms with Crippen LogP contribution >= 0.6 is 0 Å². The first-order valence-corrected chi connectivity index (χ1v) is 6.38. The van der Waals surface area contributed by atoms with Crippen LogP contribution in [-0.2, 0) is 23.7 Å². The second-order valence-corrected chi connectivity index (χ2v) is 3.60. The molecule has 0 aliphatic carbocycles. The lowest BCUT2D eigenvalue weighted by Crippen LogP contribution is -2.43. The maximum absolute atomic E-state index is 5.52. The van der Waals surface area contributed by atoms with Gasteiger partial charge in [0.1, 0.15) is 6.61 Å². The number of hydrogen-bond acceptors (Lipinski definition) is 5. The molecule has 0 aliphatic rings. The van der Waals surface area contributed by atoms with Gasteiger partial charge in [0.25, 0.3) is 0 Å². The second-order valence-electron chi connectivity index (χ2n) is 3.60. The maximum Gasteiger partial charge on any atom is 0.351 e. The minimum absolute atomic E-state index is 0.175. The second kappa shape index (κ2) is 10.3. The summed E-state index contributed by atoms with van der Waals surface area (Å²) < 4.78 is 27.2. The van der Waals surface area contributed by atoms with E-state index in [1.54, 1.807) is 6.92 Å². The minimum Gasteiger partial charge on any atom is -0.443 e. The molecular weight excluding hydrogens is 236 g/mol. The van der Waals surface area contributed by atoms with Crippen LogP contribution in [0.3, 0.4) is 0 Å². The first-order valence-electron chi connectivity index (χ1n) is 6.38. The largest absolute Gasteiger partial charge is 0.443 e. The van der Waals surface area contributed by atoms with Gasteiger partial charge in [-0.1, -0.05) is 6.58 Å². The molecule has 0 rings (SSSR count). The van der Waals surface area contributed by atoms with E-state index < -0.39 is 5.97 Å². The van der Waals surface area contributed by atoms with E-state index in [0.29, 0.717) is 38.8 Å². The van der Waals surface area contributed by atoms with Crippen molar-refractivity contribution in [1.82, 2.24) is 0 Å². The van der Waals surface area contributed by atoms with E-state index in [9.17, 15) is 0 Å². The Kier molecular flexibility index (Phi) is 9.96. The fourth-order valence-electron chi connectivity index (χ4n) is 1.38. The first-order chi connectivity index (χ1) is 8.60. The summed E-state index contributed by atoms with van der Waals surface area (Å²) in [5.74, 6) is -0.688. The highest BCUT2D eigenvalue weighted by Crippen LogP contribution is 2.19. The SMILES string of the molecule is C=C(C)OC(COCCOCC)(OCC)OCC. The highest BCUT2D eigenvalue weighted by Gasteiger charge is 2.34. The van der Waals surface area contributed by atoms with Crippen LogP contribution in [0.5, 0.6) is 0 Å². The van der Waals surface area contributed by atoms with Gasteiger partial charge in [0.05, 0.1) is 32.2 Å². The fourth-order valence-corrected chi connectivity index (χ4v) is 1.38. The van der Waals surface area contributed by atoms with E-state index >= 15 is 0 Å². The van der Waals surface area contributed by atoms with Crippen molar-refractivity contribution in [2.45, 2.75) is 33.7 Å². The molecule has 0 aromatic carbocycles. The highest BCUT2D eigenvalue weighted by atomic mass is 16.9. The summed E-state index contributed by atoms with van der Waals surface area (Å²) in [5, 5.41) is 0. The number of allylic oxidation sites excluding steroid dienone is 1. The van der Waals surface area contributed by atoms with E-state index in [-0.39, 0.29) is 6.61 Å². The highest BCUT2D eigenvalue weighted by molar-refractivity contribution is 4.77. The summed E-state index contributed by atoms with van der Waals surface area (Å²) in [7, 11) is 0. The van der Waals surface area contributed by atoms with Gasteiger partial charge >= 0.3 is 5.97 Å². The third kappa shape index (κ3) is 7.66. The zero-order valence-corrected chi connectivity index (χ0v) is 12.0. The molecule has 18 heavy (non-hydrogen) atoms. The van der Waals surface area contributed by atoms with Crippen molar-refractivity contribution in [2.24, 2.45) is 0 Å². The van der Waals surface area contributed by atoms with E-state index in [0.717, 1.165) is 0 Å². The van der Waals surface area contributed by atoms with Crippen molar-refractivity contribution in [2.75, 3.05) is 39.6 Å². The Labute approximate surface area is 110 Å². The Balaban J connectivity index is 4.27. The molecule has 0 saturated heterocycles. The molecule has 0 aliphatic heterocycles. The van der Waals surface area contributed by atoms with E-state index in [1.165, 1.54) is 0 Å². The summed E-state index contributed by atoms with van der Waals surface area (Å²) in [6, 6.07) is 0. The van der Waals surface area contributed by atoms with Crippen LogP contribution in [0.2, 0.25) is 0 Å². The lowest BCUT2D eigenvalue weighted by Gasteiger charge is -2.32. The zero-order valence-electron chi connectivity index (χ0n) is 12.0. The fraction of sp³-hybridized carbons (Fsp3) is 0.846. The summed E-state index contributed by atoms with van der Waals surface area (Å²) in [5.41, 5.74) is 0. The average molecular weight is 262 g/mol. The van der Waals surface area contributed by atoms with Crippen LogP contribution in [-0.4, -0.2) is 45.6 Å². The minimum atomic E-state index is -1.21. The Morgan fingerprint density at radius 3 is 1.94 bits per heavy atom. The molecule has 108 valence electrons. The quantitative estimate of drug-likeness (QED) is 0.307. The van der Waals surface area contributed by atoms with Crippen molar-refractivity contribution in [3.8, 4) is 0 Å². The van der Waals surface area contributed by atoms with Gasteiger partial charge in [-0.2, -0.15) is 0 Å². The topological polar surface area (TPSA) is 46.2 Å². The number of ether oxygens (including phenoxy) is 5. The molecule has 0 radical (unpaired) electrons. The van der Waals surface area contributed by atoms with Crippen molar-refractivity contribution in [3.05, 3.63) is 12.3 Å². The molecule has 5 nitrogen and oxygen atoms in total. The Morgan fingerprint density at radius 1 is 0.944 bits per heavy atom. The molecule has 0 heterocycles. The van der Waals surface area contributed by atoms with Crippen molar-refractivity contribution < 1.29 is 23.7 Å². The van der Waals surface area contributed by atoms with Gasteiger partial charge in [0.15, 0.2) is 0 Å². The lowest BCUT2D eigenvalue weighted by molar-refractivity contribution is -0.379. The molecule has 0 fully saturated rings. The van der Waals surface area contributed by atoms with Gasteiger partial charge in [-0.05, 0) is 27.7 Å². The maximum atomic E-state index is 5.52. The summed E-state index contributed by atoms with van der Waals surface area (Å²) in [6.07, 6.45) is 0. The van der Waals surface area contributed by atoms with Crippen LogP contribution in [0.15, 0.2) is 12.3 Å². The third-order valence-corrected chi connectivity index (χ3v) is 1.91. The molecule has 5 heteroatoms. The van der Waals surface area contributed by atoms with Crippen LogP contribution in [0.1, 0.15) is 27.7 Å². The molecule has 0 amide bonds. The molecule has 0 N–H and O–H groups in total. The number of hydrogen-bond donors (Lipinski definition) is 0. The normalized spacial score (nSPS) is 11.6. The monoisotopic (exact) mass is 262 g/mol. The van der Waals surface area contributed by atoms with E-state index in [1.807, 2.05) is 20.8 Å². The Morgan fingerprint density at radius 2 is 1.50 bits per heavy atom. The molecule has 0 bridgehead atoms. The zero-order chi connectivity index (χ0) is 13.9. The standard InChI is InChI=1S/C13H26O5/c1-6-14-9-10-15-11-13(16-7-2,17-8-3)18-12(4)5/h4,6-11H2,1-3,5H3. The summed E-state index contributed by atoms with van der Waals surface area (Å²) in [6.45, 7) is 13.9. The van der Waals surface area contributed by atoms with Gasteiger partial charge in [0, 0.05) is 6.61 Å². The summed E-state index contributed by atoms with van der Waals surface area (Å²) in [4.78, 5) is 0. The van der Waals surface area contributed by atoms with Crippen LogP contribution in [0.25, 0.3) is 0 Å². The van der Waals surface area contributed by atoms with Crippen molar-refractivity contribution >= 4 is 0 Å². The average Bonchev–Trinajstić information content (AvgIpc) is 2.28. The molecule has 0 atom stereocenters. The lowest BCUT2D eigenvalue weighted by atomic mass is 10.5. The Bertz CT molecular complexity index is 211. The molecule has 0 spiro atoms. The van der Waals surface area contributed by atoms with Gasteiger partial charge < -0.3 is 23.7 Å². The Hall–Kier alpha value is -0.620. The molecule has 0 aromatic heterocycles. The molecule has 0 saturated carbocycles.